The number of nitrogens with zero attached hydrogens (tertiary/aromatic N) is 3. The molecule has 0 aromatic heterocycles. The van der Waals surface area contributed by atoms with E-state index in [1.165, 1.54) is 12.1 Å². The fourth-order valence-electron chi connectivity index (χ4n) is 3.89. The van der Waals surface area contributed by atoms with Crippen LogP contribution in [0.5, 0.6) is 0 Å². The maximum Gasteiger partial charge on any atom is 0.256 e. The minimum atomic E-state index is -0.501. The Kier molecular flexibility index (Phi) is 8.40. The molecule has 0 atom stereocenters. The summed E-state index contributed by atoms with van der Waals surface area (Å²) in [7, 11) is 0. The molecule has 1 saturated heterocycles. The molecule has 0 spiro atoms. The number of rotatable bonds is 8. The Balaban J connectivity index is 1.52. The standard InChI is InChI=1S/C25H31FN4O3/c1-3-13-30(24(32)4-2)18-23(31)27-19-9-11-20(12-10-19)28-14-16-29(17-15-28)25(33)21-7-5-6-8-22(21)26/h5-12H,3-4,13-18H2,1-2H3,(H,27,31). The summed E-state index contributed by atoms with van der Waals surface area (Å²) in [6.45, 7) is 6.65. The molecule has 8 heteroatoms. The lowest BCUT2D eigenvalue weighted by molar-refractivity contribution is -0.134. The van der Waals surface area contributed by atoms with Crippen LogP contribution in [-0.4, -0.2) is 66.8 Å². The van der Waals surface area contributed by atoms with Crippen LogP contribution in [0.25, 0.3) is 0 Å². The first kappa shape index (κ1) is 24.2. The Morgan fingerprint density at radius 3 is 2.24 bits per heavy atom. The van der Waals surface area contributed by atoms with E-state index in [1.54, 1.807) is 28.9 Å². The van der Waals surface area contributed by atoms with Gasteiger partial charge in [0.25, 0.3) is 5.91 Å². The molecule has 0 saturated carbocycles. The Morgan fingerprint density at radius 2 is 1.64 bits per heavy atom. The predicted octanol–water partition coefficient (Wildman–Crippen LogP) is 3.38. The predicted molar refractivity (Wildman–Crippen MR) is 127 cm³/mol. The smallest absolute Gasteiger partial charge is 0.256 e. The molecule has 2 aromatic carbocycles. The van der Waals surface area contributed by atoms with Crippen LogP contribution in [0.3, 0.4) is 0 Å². The van der Waals surface area contributed by atoms with Gasteiger partial charge in [0.2, 0.25) is 11.8 Å². The first-order chi connectivity index (χ1) is 15.9. The average molecular weight is 455 g/mol. The molecule has 0 unspecified atom stereocenters. The van der Waals surface area contributed by atoms with Crippen molar-refractivity contribution in [1.82, 2.24) is 9.80 Å². The summed E-state index contributed by atoms with van der Waals surface area (Å²) in [5.41, 5.74) is 1.75. The van der Waals surface area contributed by atoms with Crippen LogP contribution in [0.4, 0.5) is 15.8 Å². The summed E-state index contributed by atoms with van der Waals surface area (Å²) in [6.07, 6.45) is 1.17. The van der Waals surface area contributed by atoms with E-state index in [2.05, 4.69) is 10.2 Å². The molecular weight excluding hydrogens is 423 g/mol. The minimum absolute atomic E-state index is 0.0324. The van der Waals surface area contributed by atoms with E-state index in [9.17, 15) is 18.8 Å². The van der Waals surface area contributed by atoms with Gasteiger partial charge in [-0.25, -0.2) is 4.39 Å². The molecule has 1 heterocycles. The average Bonchev–Trinajstić information content (AvgIpc) is 2.84. The SMILES string of the molecule is CCCN(CC(=O)Nc1ccc(N2CCN(C(=O)c3ccccc3F)CC2)cc1)C(=O)CC. The number of hydrogen-bond donors (Lipinski definition) is 1. The van der Waals surface area contributed by atoms with E-state index in [4.69, 9.17) is 0 Å². The summed E-state index contributed by atoms with van der Waals surface area (Å²) >= 11 is 0. The van der Waals surface area contributed by atoms with E-state index in [0.29, 0.717) is 44.8 Å². The van der Waals surface area contributed by atoms with Crippen molar-refractivity contribution < 1.29 is 18.8 Å². The van der Waals surface area contributed by atoms with E-state index in [-0.39, 0.29) is 29.8 Å². The van der Waals surface area contributed by atoms with Crippen LogP contribution < -0.4 is 10.2 Å². The van der Waals surface area contributed by atoms with Crippen LogP contribution in [0.2, 0.25) is 0 Å². The highest BCUT2D eigenvalue weighted by molar-refractivity contribution is 5.95. The van der Waals surface area contributed by atoms with Gasteiger partial charge in [-0.15, -0.1) is 0 Å². The van der Waals surface area contributed by atoms with Gasteiger partial charge in [0.15, 0.2) is 0 Å². The molecule has 2 aromatic rings. The summed E-state index contributed by atoms with van der Waals surface area (Å²) in [4.78, 5) is 42.3. The zero-order chi connectivity index (χ0) is 23.8. The number of benzene rings is 2. The number of piperazine rings is 1. The molecule has 1 aliphatic heterocycles. The molecule has 3 rings (SSSR count). The highest BCUT2D eigenvalue weighted by Crippen LogP contribution is 2.21. The first-order valence-corrected chi connectivity index (χ1v) is 11.4. The molecule has 176 valence electrons. The second-order valence-corrected chi connectivity index (χ2v) is 8.02. The Morgan fingerprint density at radius 1 is 0.970 bits per heavy atom. The molecule has 33 heavy (non-hydrogen) atoms. The number of nitrogens with one attached hydrogen (secondary N) is 1. The lowest BCUT2D eigenvalue weighted by atomic mass is 10.1. The first-order valence-electron chi connectivity index (χ1n) is 11.4. The van der Waals surface area contributed by atoms with Crippen molar-refractivity contribution in [3.8, 4) is 0 Å². The van der Waals surface area contributed by atoms with Crippen molar-refractivity contribution in [2.45, 2.75) is 26.7 Å². The Bertz CT molecular complexity index is 972. The quantitative estimate of drug-likeness (QED) is 0.664. The van der Waals surface area contributed by atoms with Gasteiger partial charge in [0, 0.05) is 50.5 Å². The van der Waals surface area contributed by atoms with Crippen molar-refractivity contribution in [3.05, 3.63) is 59.9 Å². The molecule has 1 N–H and O–H groups in total. The third-order valence-electron chi connectivity index (χ3n) is 5.67. The molecule has 7 nitrogen and oxygen atoms in total. The lowest BCUT2D eigenvalue weighted by Gasteiger charge is -2.36. The second-order valence-electron chi connectivity index (χ2n) is 8.02. The minimum Gasteiger partial charge on any atom is -0.368 e. The number of carbonyl (C=O) groups is 3. The highest BCUT2D eigenvalue weighted by atomic mass is 19.1. The highest BCUT2D eigenvalue weighted by Gasteiger charge is 2.24. The normalized spacial score (nSPS) is 13.5. The lowest BCUT2D eigenvalue weighted by Crippen LogP contribution is -2.49. The molecule has 0 bridgehead atoms. The van der Waals surface area contributed by atoms with Gasteiger partial charge < -0.3 is 20.0 Å². The molecule has 3 amide bonds. The zero-order valence-electron chi connectivity index (χ0n) is 19.2. The third kappa shape index (κ3) is 6.31. The molecule has 1 fully saturated rings. The number of hydrogen-bond acceptors (Lipinski definition) is 4. The fourth-order valence-corrected chi connectivity index (χ4v) is 3.89. The van der Waals surface area contributed by atoms with Gasteiger partial charge in [0.1, 0.15) is 5.82 Å². The number of anilines is 2. The maximum absolute atomic E-state index is 13.9. The summed E-state index contributed by atoms with van der Waals surface area (Å²) in [5.74, 6) is -1.04. The van der Waals surface area contributed by atoms with Crippen LogP contribution in [0.1, 0.15) is 37.0 Å². The molecule has 1 aliphatic rings. The summed E-state index contributed by atoms with van der Waals surface area (Å²) in [5, 5.41) is 2.85. The van der Waals surface area contributed by atoms with Crippen molar-refractivity contribution in [3.63, 3.8) is 0 Å². The molecular formula is C25H31FN4O3. The molecule has 0 aliphatic carbocycles. The van der Waals surface area contributed by atoms with Crippen LogP contribution in [0.15, 0.2) is 48.5 Å². The monoisotopic (exact) mass is 454 g/mol. The van der Waals surface area contributed by atoms with Crippen molar-refractivity contribution in [2.75, 3.05) is 49.5 Å². The largest absolute Gasteiger partial charge is 0.368 e. The van der Waals surface area contributed by atoms with E-state index in [0.717, 1.165) is 12.1 Å². The van der Waals surface area contributed by atoms with Gasteiger partial charge >= 0.3 is 0 Å². The summed E-state index contributed by atoms with van der Waals surface area (Å²) in [6, 6.07) is 13.5. The second kappa shape index (κ2) is 11.4. The zero-order valence-corrected chi connectivity index (χ0v) is 19.2. The van der Waals surface area contributed by atoms with Crippen LogP contribution in [-0.2, 0) is 9.59 Å². The van der Waals surface area contributed by atoms with Gasteiger partial charge in [-0.2, -0.15) is 0 Å². The van der Waals surface area contributed by atoms with E-state index in [1.807, 2.05) is 31.2 Å². The van der Waals surface area contributed by atoms with Crippen LogP contribution >= 0.6 is 0 Å². The van der Waals surface area contributed by atoms with E-state index < -0.39 is 5.82 Å². The molecule has 0 radical (unpaired) electrons. The van der Waals surface area contributed by atoms with Gasteiger partial charge in [-0.05, 0) is 42.8 Å². The van der Waals surface area contributed by atoms with Gasteiger partial charge in [0.05, 0.1) is 12.1 Å². The third-order valence-corrected chi connectivity index (χ3v) is 5.67. The number of halogens is 1. The summed E-state index contributed by atoms with van der Waals surface area (Å²) < 4.78 is 13.9. The maximum atomic E-state index is 13.9. The number of carbonyl (C=O) groups excluding carboxylic acids is 3. The van der Waals surface area contributed by atoms with Crippen molar-refractivity contribution in [1.29, 1.82) is 0 Å². The fraction of sp³-hybridized carbons (Fsp3) is 0.400. The Hall–Kier alpha value is -3.42. The van der Waals surface area contributed by atoms with Crippen molar-refractivity contribution >= 4 is 29.1 Å². The number of amides is 3. The van der Waals surface area contributed by atoms with Gasteiger partial charge in [-0.1, -0.05) is 26.0 Å². The van der Waals surface area contributed by atoms with Gasteiger partial charge in [-0.3, -0.25) is 14.4 Å². The van der Waals surface area contributed by atoms with Crippen LogP contribution in [0, 0.1) is 5.82 Å². The topological polar surface area (TPSA) is 73.0 Å². The van der Waals surface area contributed by atoms with E-state index >= 15 is 0 Å². The van der Waals surface area contributed by atoms with Crippen molar-refractivity contribution in [2.24, 2.45) is 0 Å². The Labute approximate surface area is 194 Å².